The molecule has 19 heavy (non-hydrogen) atoms. The first-order chi connectivity index (χ1) is 9.19. The Labute approximate surface area is 118 Å². The van der Waals surface area contributed by atoms with E-state index in [4.69, 9.17) is 22.7 Å². The lowest BCUT2D eigenvalue weighted by Crippen LogP contribution is -2.12. The summed E-state index contributed by atoms with van der Waals surface area (Å²) in [5.74, 6) is 0.666. The highest BCUT2D eigenvalue weighted by atomic mass is 32.1. The first-order valence-electron chi connectivity index (χ1n) is 5.96. The van der Waals surface area contributed by atoms with Gasteiger partial charge in [-0.25, -0.2) is 0 Å². The molecule has 2 rings (SSSR count). The smallest absolute Gasteiger partial charge is 0.141 e. The summed E-state index contributed by atoms with van der Waals surface area (Å²) in [7, 11) is 1.60. The van der Waals surface area contributed by atoms with Gasteiger partial charge in [0.2, 0.25) is 0 Å². The Balaban J connectivity index is 2.01. The Morgan fingerprint density at radius 2 is 1.95 bits per heavy atom. The molecular weight excluding hydrogens is 256 g/mol. The molecule has 0 saturated heterocycles. The van der Waals surface area contributed by atoms with E-state index in [9.17, 15) is 0 Å². The van der Waals surface area contributed by atoms with Gasteiger partial charge in [-0.05, 0) is 23.8 Å². The van der Waals surface area contributed by atoms with Gasteiger partial charge in [0.25, 0.3) is 0 Å². The Kier molecular flexibility index (Phi) is 4.36. The number of methoxy groups -OCH3 is 1. The maximum atomic E-state index is 5.85. The van der Waals surface area contributed by atoms with Crippen molar-refractivity contribution in [2.24, 2.45) is 0 Å². The Morgan fingerprint density at radius 1 is 1.21 bits per heavy atom. The topological polar surface area (TPSA) is 47.3 Å². The molecule has 0 heterocycles. The van der Waals surface area contributed by atoms with Gasteiger partial charge in [0.05, 0.1) is 17.8 Å². The van der Waals surface area contributed by atoms with Gasteiger partial charge in [-0.1, -0.05) is 42.5 Å². The van der Waals surface area contributed by atoms with Gasteiger partial charge in [0, 0.05) is 12.1 Å². The van der Waals surface area contributed by atoms with Crippen molar-refractivity contribution in [1.29, 1.82) is 0 Å². The molecule has 2 aromatic rings. The Hall–Kier alpha value is -2.07. The van der Waals surface area contributed by atoms with Gasteiger partial charge in [0.15, 0.2) is 0 Å². The predicted octanol–water partition coefficient (Wildman–Crippen LogP) is 3.26. The molecule has 0 atom stereocenters. The number of rotatable bonds is 4. The van der Waals surface area contributed by atoms with Crippen molar-refractivity contribution in [2.75, 3.05) is 18.2 Å². The molecule has 0 amide bonds. The van der Waals surface area contributed by atoms with Gasteiger partial charge in [0.1, 0.15) is 5.75 Å². The molecule has 2 aromatic carbocycles. The van der Waals surface area contributed by atoms with E-state index in [1.807, 2.05) is 36.4 Å². The summed E-state index contributed by atoms with van der Waals surface area (Å²) >= 11 is 5.34. The SMILES string of the molecule is COc1ccc(NC(=S)Cc2ccccc2)cc1N. The van der Waals surface area contributed by atoms with Crippen molar-refractivity contribution in [1.82, 2.24) is 0 Å². The molecule has 4 heteroatoms. The zero-order valence-corrected chi connectivity index (χ0v) is 11.5. The zero-order valence-electron chi connectivity index (χ0n) is 10.7. The van der Waals surface area contributed by atoms with Crippen molar-refractivity contribution >= 4 is 28.6 Å². The number of nitrogens with two attached hydrogens (primary N) is 1. The number of benzene rings is 2. The third-order valence-electron chi connectivity index (χ3n) is 2.72. The van der Waals surface area contributed by atoms with Crippen LogP contribution >= 0.6 is 12.2 Å². The number of hydrogen-bond acceptors (Lipinski definition) is 3. The van der Waals surface area contributed by atoms with E-state index in [0.29, 0.717) is 17.9 Å². The van der Waals surface area contributed by atoms with Crippen LogP contribution in [0.3, 0.4) is 0 Å². The molecule has 3 nitrogen and oxygen atoms in total. The summed E-state index contributed by atoms with van der Waals surface area (Å²) in [4.78, 5) is 0.760. The summed E-state index contributed by atoms with van der Waals surface area (Å²) in [6.45, 7) is 0. The number of hydrogen-bond donors (Lipinski definition) is 2. The molecule has 98 valence electrons. The fourth-order valence-corrected chi connectivity index (χ4v) is 2.08. The standard InChI is InChI=1S/C15H16N2OS/c1-18-14-8-7-12(10-13(14)16)17-15(19)9-11-5-3-2-4-6-11/h2-8,10H,9,16H2,1H3,(H,17,19). The van der Waals surface area contributed by atoms with Crippen molar-refractivity contribution in [3.05, 3.63) is 54.1 Å². The predicted molar refractivity (Wildman–Crippen MR) is 83.8 cm³/mol. The van der Waals surface area contributed by atoms with Crippen LogP contribution in [-0.2, 0) is 6.42 Å². The highest BCUT2D eigenvalue weighted by Gasteiger charge is 2.03. The Bertz CT molecular complexity index is 570. The second kappa shape index (κ2) is 6.20. The number of nitrogen functional groups attached to an aromatic ring is 1. The van der Waals surface area contributed by atoms with E-state index < -0.39 is 0 Å². The molecule has 0 aliphatic carbocycles. The quantitative estimate of drug-likeness (QED) is 0.662. The first kappa shape index (κ1) is 13.4. The normalized spacial score (nSPS) is 9.95. The monoisotopic (exact) mass is 272 g/mol. The van der Waals surface area contributed by atoms with Crippen LogP contribution in [0.2, 0.25) is 0 Å². The van der Waals surface area contributed by atoms with Gasteiger partial charge in [-0.2, -0.15) is 0 Å². The van der Waals surface area contributed by atoms with Gasteiger partial charge < -0.3 is 15.8 Å². The summed E-state index contributed by atoms with van der Waals surface area (Å²) in [6, 6.07) is 15.6. The molecule has 0 aliphatic rings. The van der Waals surface area contributed by atoms with Gasteiger partial charge in [-0.15, -0.1) is 0 Å². The fraction of sp³-hybridized carbons (Fsp3) is 0.133. The minimum atomic E-state index is 0.593. The molecule has 0 fully saturated rings. The molecule has 0 aliphatic heterocycles. The van der Waals surface area contributed by atoms with Crippen LogP contribution in [-0.4, -0.2) is 12.1 Å². The molecule has 0 radical (unpaired) electrons. The van der Waals surface area contributed by atoms with E-state index in [1.54, 1.807) is 7.11 Å². The molecule has 0 saturated carbocycles. The molecule has 3 N–H and O–H groups in total. The molecule has 0 unspecified atom stereocenters. The van der Waals surface area contributed by atoms with Crippen LogP contribution in [0.15, 0.2) is 48.5 Å². The molecule has 0 spiro atoms. The summed E-state index contributed by atoms with van der Waals surface area (Å²) in [5, 5.41) is 3.18. The average molecular weight is 272 g/mol. The number of anilines is 2. The van der Waals surface area contributed by atoms with Crippen LogP contribution < -0.4 is 15.8 Å². The Morgan fingerprint density at radius 3 is 2.58 bits per heavy atom. The lowest BCUT2D eigenvalue weighted by molar-refractivity contribution is 0.417. The largest absolute Gasteiger partial charge is 0.495 e. The highest BCUT2D eigenvalue weighted by Crippen LogP contribution is 2.24. The third kappa shape index (κ3) is 3.69. The maximum absolute atomic E-state index is 5.85. The van der Waals surface area contributed by atoms with Gasteiger partial charge in [-0.3, -0.25) is 0 Å². The maximum Gasteiger partial charge on any atom is 0.141 e. The van der Waals surface area contributed by atoms with Crippen LogP contribution in [0.1, 0.15) is 5.56 Å². The lowest BCUT2D eigenvalue weighted by Gasteiger charge is -2.10. The second-order valence-electron chi connectivity index (χ2n) is 4.17. The van der Waals surface area contributed by atoms with E-state index in [-0.39, 0.29) is 0 Å². The van der Waals surface area contributed by atoms with Crippen molar-refractivity contribution < 1.29 is 4.74 Å². The molecule has 0 aromatic heterocycles. The highest BCUT2D eigenvalue weighted by molar-refractivity contribution is 7.80. The second-order valence-corrected chi connectivity index (χ2v) is 4.66. The molecular formula is C15H16N2OS. The minimum Gasteiger partial charge on any atom is -0.495 e. The van der Waals surface area contributed by atoms with Crippen molar-refractivity contribution in [3.63, 3.8) is 0 Å². The third-order valence-corrected chi connectivity index (χ3v) is 2.97. The summed E-state index contributed by atoms with van der Waals surface area (Å²) in [5.41, 5.74) is 8.50. The average Bonchev–Trinajstić information content (AvgIpc) is 2.40. The number of nitrogens with one attached hydrogen (secondary N) is 1. The minimum absolute atomic E-state index is 0.593. The van der Waals surface area contributed by atoms with E-state index in [1.165, 1.54) is 5.56 Å². The number of ether oxygens (including phenoxy) is 1. The van der Waals surface area contributed by atoms with E-state index in [0.717, 1.165) is 10.7 Å². The van der Waals surface area contributed by atoms with Crippen LogP contribution in [0.4, 0.5) is 11.4 Å². The van der Waals surface area contributed by atoms with E-state index >= 15 is 0 Å². The lowest BCUT2D eigenvalue weighted by atomic mass is 10.1. The van der Waals surface area contributed by atoms with Crippen molar-refractivity contribution in [2.45, 2.75) is 6.42 Å². The van der Waals surface area contributed by atoms with Gasteiger partial charge >= 0.3 is 0 Å². The first-order valence-corrected chi connectivity index (χ1v) is 6.37. The van der Waals surface area contributed by atoms with Crippen molar-refractivity contribution in [3.8, 4) is 5.75 Å². The van der Waals surface area contributed by atoms with Crippen LogP contribution in [0.5, 0.6) is 5.75 Å². The molecule has 0 bridgehead atoms. The summed E-state index contributed by atoms with van der Waals surface area (Å²) in [6.07, 6.45) is 0.710. The summed E-state index contributed by atoms with van der Waals surface area (Å²) < 4.78 is 5.11. The van der Waals surface area contributed by atoms with Crippen LogP contribution in [0.25, 0.3) is 0 Å². The number of thiocarbonyl (C=S) groups is 1. The van der Waals surface area contributed by atoms with Crippen LogP contribution in [0, 0.1) is 0 Å². The zero-order chi connectivity index (χ0) is 13.7. The van der Waals surface area contributed by atoms with E-state index in [2.05, 4.69) is 17.4 Å². The fourth-order valence-electron chi connectivity index (χ4n) is 1.80.